The van der Waals surface area contributed by atoms with Crippen molar-refractivity contribution in [2.45, 2.75) is 6.92 Å². The Balaban J connectivity index is 1.53. The number of rotatable bonds is 4. The van der Waals surface area contributed by atoms with E-state index >= 15 is 0 Å². The lowest BCUT2D eigenvalue weighted by Crippen LogP contribution is -2.13. The lowest BCUT2D eigenvalue weighted by Gasteiger charge is -2.17. The number of hydrogen-bond acceptors (Lipinski definition) is 5. The van der Waals surface area contributed by atoms with E-state index in [0.29, 0.717) is 11.5 Å². The molecule has 0 N–H and O–H groups in total. The van der Waals surface area contributed by atoms with E-state index in [1.54, 1.807) is 0 Å². The highest BCUT2D eigenvalue weighted by molar-refractivity contribution is 6.14. The van der Waals surface area contributed by atoms with E-state index in [1.807, 2.05) is 102 Å². The third-order valence-corrected chi connectivity index (χ3v) is 7.39. The van der Waals surface area contributed by atoms with Crippen molar-refractivity contribution in [1.29, 1.82) is 0 Å². The average Bonchev–Trinajstić information content (AvgIpc) is 3.08. The molecule has 1 aliphatic heterocycles. The Hall–Kier alpha value is -5.03. The molecule has 41 heavy (non-hydrogen) atoms. The molecule has 0 unspecified atom stereocenters. The largest absolute Gasteiger partial charge is 0.449 e. The van der Waals surface area contributed by atoms with Gasteiger partial charge in [0.15, 0.2) is 23.0 Å². The van der Waals surface area contributed by atoms with Gasteiger partial charge in [0.1, 0.15) is 0 Å². The number of anilines is 2. The molecule has 0 saturated carbocycles. The van der Waals surface area contributed by atoms with Crippen LogP contribution >= 0.6 is 0 Å². The number of ketones is 1. The average molecular weight is 541 g/mol. The van der Waals surface area contributed by atoms with Crippen LogP contribution in [-0.2, 0) is 4.79 Å². The van der Waals surface area contributed by atoms with E-state index in [9.17, 15) is 4.79 Å². The Kier molecular flexibility index (Phi) is 6.72. The molecule has 0 radical (unpaired) electrons. The maximum Gasteiger partial charge on any atom is 0.263 e. The third kappa shape index (κ3) is 4.91. The fourth-order valence-corrected chi connectivity index (χ4v) is 5.35. The van der Waals surface area contributed by atoms with Crippen molar-refractivity contribution in [2.24, 2.45) is 0 Å². The second kappa shape index (κ2) is 10.5. The van der Waals surface area contributed by atoms with Crippen LogP contribution in [0.2, 0.25) is 0 Å². The highest BCUT2D eigenvalue weighted by Crippen LogP contribution is 2.38. The Labute approximate surface area is 240 Å². The van der Waals surface area contributed by atoms with Crippen LogP contribution in [-0.4, -0.2) is 34.0 Å². The minimum atomic E-state index is -0.319. The predicted octanol–water partition coefficient (Wildman–Crippen LogP) is 7.86. The van der Waals surface area contributed by atoms with Gasteiger partial charge in [-0.3, -0.25) is 4.79 Å². The van der Waals surface area contributed by atoms with Crippen LogP contribution in [0.4, 0.5) is 11.4 Å². The monoisotopic (exact) mass is 540 g/mol. The van der Waals surface area contributed by atoms with E-state index in [1.165, 1.54) is 0 Å². The predicted molar refractivity (Wildman–Crippen MR) is 170 cm³/mol. The van der Waals surface area contributed by atoms with Gasteiger partial charge in [0.2, 0.25) is 0 Å². The second-order valence-corrected chi connectivity index (χ2v) is 10.7. The number of Topliss-reactive ketones (excluding diaryl/α,β-unsaturated/α-hetero) is 1. The highest BCUT2D eigenvalue weighted by Gasteiger charge is 2.27. The molecule has 0 atom stereocenters. The Morgan fingerprint density at radius 2 is 1.02 bits per heavy atom. The van der Waals surface area contributed by atoms with Gasteiger partial charge in [0.05, 0.1) is 0 Å². The summed E-state index contributed by atoms with van der Waals surface area (Å²) in [4.78, 5) is 18.3. The van der Waals surface area contributed by atoms with Crippen molar-refractivity contribution in [1.82, 2.24) is 0 Å². The number of aryl methyl sites for hydroxylation is 1. The van der Waals surface area contributed by atoms with E-state index in [2.05, 4.69) is 46.2 Å². The number of carbonyl (C=O) groups excluding carboxylic acids is 1. The summed E-state index contributed by atoms with van der Waals surface area (Å²) < 4.78 is 12.6. The zero-order valence-electron chi connectivity index (χ0n) is 23.9. The third-order valence-electron chi connectivity index (χ3n) is 7.39. The fourth-order valence-electron chi connectivity index (χ4n) is 5.35. The zero-order chi connectivity index (χ0) is 28.7. The number of fused-ring (bicyclic) bond motifs is 3. The standard InChI is InChI=1S/C36H32N2O3/c1-23-14-19-32-33(20-23)41-35(22-25-16-18-31(38(4)5)29-13-9-7-11-27(25)29)36(39)34(40-32)21-24-15-17-30(37(2)3)28-12-8-6-10-26(24)28/h6-22H,1-5H3. The molecule has 1 heterocycles. The Morgan fingerprint density at radius 1 is 0.561 bits per heavy atom. The first kappa shape index (κ1) is 26.2. The highest BCUT2D eigenvalue weighted by atomic mass is 16.5. The summed E-state index contributed by atoms with van der Waals surface area (Å²) in [6.07, 6.45) is 3.65. The summed E-state index contributed by atoms with van der Waals surface area (Å²) in [5.41, 5.74) is 5.01. The van der Waals surface area contributed by atoms with Crippen molar-refractivity contribution < 1.29 is 14.3 Å². The quantitative estimate of drug-likeness (QED) is 0.217. The number of nitrogens with zero attached hydrogens (tertiary/aromatic N) is 2. The van der Waals surface area contributed by atoms with E-state index in [0.717, 1.165) is 49.6 Å². The second-order valence-electron chi connectivity index (χ2n) is 10.7. The summed E-state index contributed by atoms with van der Waals surface area (Å²) >= 11 is 0. The molecular formula is C36H32N2O3. The van der Waals surface area contributed by atoms with Crippen LogP contribution in [0.5, 0.6) is 11.5 Å². The molecule has 0 amide bonds. The van der Waals surface area contributed by atoms with Crippen LogP contribution in [0.3, 0.4) is 0 Å². The molecule has 5 nitrogen and oxygen atoms in total. The SMILES string of the molecule is Cc1ccc2c(c1)OC(=Cc1ccc(N(C)C)c3ccccc13)C(=O)C(=Cc1ccc(N(C)C)c3ccccc13)O2. The lowest BCUT2D eigenvalue weighted by molar-refractivity contribution is -0.115. The molecule has 204 valence electrons. The van der Waals surface area contributed by atoms with Crippen LogP contribution in [0.15, 0.2) is 103 Å². The Bertz CT molecular complexity index is 1880. The molecule has 6 rings (SSSR count). The molecule has 5 aromatic rings. The van der Waals surface area contributed by atoms with Gasteiger partial charge in [0, 0.05) is 50.3 Å². The minimum absolute atomic E-state index is 0.204. The van der Waals surface area contributed by atoms with Gasteiger partial charge in [-0.1, -0.05) is 66.7 Å². The van der Waals surface area contributed by atoms with Crippen molar-refractivity contribution in [3.63, 3.8) is 0 Å². The maximum absolute atomic E-state index is 14.1. The van der Waals surface area contributed by atoms with Crippen LogP contribution in [0, 0.1) is 6.92 Å². The van der Waals surface area contributed by atoms with Crippen LogP contribution < -0.4 is 19.3 Å². The van der Waals surface area contributed by atoms with Gasteiger partial charge in [-0.25, -0.2) is 0 Å². The van der Waals surface area contributed by atoms with Gasteiger partial charge < -0.3 is 19.3 Å². The first-order chi connectivity index (χ1) is 19.8. The van der Waals surface area contributed by atoms with Gasteiger partial charge in [-0.2, -0.15) is 0 Å². The van der Waals surface area contributed by atoms with Gasteiger partial charge in [-0.15, -0.1) is 0 Å². The first-order valence-corrected chi connectivity index (χ1v) is 13.6. The number of carbonyl (C=O) groups is 1. The van der Waals surface area contributed by atoms with Crippen LogP contribution in [0.1, 0.15) is 16.7 Å². The van der Waals surface area contributed by atoms with E-state index in [4.69, 9.17) is 9.47 Å². The molecule has 0 aliphatic carbocycles. The maximum atomic E-state index is 14.1. The van der Waals surface area contributed by atoms with Crippen LogP contribution in [0.25, 0.3) is 33.7 Å². The minimum Gasteiger partial charge on any atom is -0.449 e. The Morgan fingerprint density at radius 3 is 1.51 bits per heavy atom. The lowest BCUT2D eigenvalue weighted by atomic mass is 10.00. The molecule has 0 fully saturated rings. The number of ether oxygens (including phenoxy) is 2. The van der Waals surface area contributed by atoms with Crippen molar-refractivity contribution in [2.75, 3.05) is 38.0 Å². The molecule has 5 aromatic carbocycles. The summed E-state index contributed by atoms with van der Waals surface area (Å²) in [5, 5.41) is 4.27. The summed E-state index contributed by atoms with van der Waals surface area (Å²) in [7, 11) is 8.11. The summed E-state index contributed by atoms with van der Waals surface area (Å²) in [6, 6.07) is 30.3. The molecule has 1 aliphatic rings. The fraction of sp³-hybridized carbons (Fsp3) is 0.139. The molecule has 0 aromatic heterocycles. The smallest absolute Gasteiger partial charge is 0.263 e. The van der Waals surface area contributed by atoms with Gasteiger partial charge in [-0.05, 0) is 70.8 Å². The van der Waals surface area contributed by atoms with Gasteiger partial charge >= 0.3 is 0 Å². The molecule has 0 saturated heterocycles. The summed E-state index contributed by atoms with van der Waals surface area (Å²) in [5.74, 6) is 1.10. The van der Waals surface area contributed by atoms with Gasteiger partial charge in [0.25, 0.3) is 5.78 Å². The molecule has 0 bridgehead atoms. The molecule has 5 heteroatoms. The number of hydrogen-bond donors (Lipinski definition) is 0. The van der Waals surface area contributed by atoms with Crippen molar-refractivity contribution >= 4 is 50.9 Å². The number of benzene rings is 5. The van der Waals surface area contributed by atoms with E-state index < -0.39 is 0 Å². The zero-order valence-corrected chi connectivity index (χ0v) is 23.9. The molecular weight excluding hydrogens is 508 g/mol. The van der Waals surface area contributed by atoms with E-state index in [-0.39, 0.29) is 17.3 Å². The molecule has 0 spiro atoms. The topological polar surface area (TPSA) is 42.0 Å². The summed E-state index contributed by atoms with van der Waals surface area (Å²) in [6.45, 7) is 1.99. The van der Waals surface area contributed by atoms with Crippen molar-refractivity contribution in [3.8, 4) is 11.5 Å². The first-order valence-electron chi connectivity index (χ1n) is 13.6. The van der Waals surface area contributed by atoms with Crippen molar-refractivity contribution in [3.05, 3.63) is 119 Å². The normalized spacial score (nSPS) is 15.0.